The fourth-order valence-electron chi connectivity index (χ4n) is 1.99. The smallest absolute Gasteiger partial charge is 0.224 e. The zero-order valence-electron chi connectivity index (χ0n) is 15.1. The van der Waals surface area contributed by atoms with Crippen molar-refractivity contribution < 1.29 is 9.59 Å². The minimum atomic E-state index is 0.0342. The zero-order chi connectivity index (χ0) is 17.5. The molecule has 0 aromatic carbocycles. The number of amides is 2. The lowest BCUT2D eigenvalue weighted by Crippen LogP contribution is -2.39. The Labute approximate surface area is 140 Å². The molecule has 0 atom stereocenters. The minimum Gasteiger partial charge on any atom is -0.357 e. The maximum absolute atomic E-state index is 11.9. The largest absolute Gasteiger partial charge is 0.357 e. The number of aliphatic imine (C=N–C) groups is 1. The Balaban J connectivity index is 4.18. The lowest BCUT2D eigenvalue weighted by Gasteiger charge is -2.18. The molecule has 0 aliphatic rings. The molecule has 7 heteroatoms. The van der Waals surface area contributed by atoms with E-state index in [1.165, 1.54) is 0 Å². The first-order chi connectivity index (χ1) is 11.1. The standard InChI is InChI=1S/C16H33N5O2/c1-5-11-18-14(22)9-12-19-16(17-6-2)20-13-10-15(23)21(7-3)8-4/h5-13H2,1-4H3,(H,18,22)(H2,17,19,20). The number of nitrogens with zero attached hydrogens (tertiary/aromatic N) is 2. The van der Waals surface area contributed by atoms with E-state index in [9.17, 15) is 9.59 Å². The summed E-state index contributed by atoms with van der Waals surface area (Å²) in [6, 6.07) is 0. The predicted molar refractivity (Wildman–Crippen MR) is 94.4 cm³/mol. The van der Waals surface area contributed by atoms with Crippen molar-refractivity contribution in [3.8, 4) is 0 Å². The number of nitrogens with one attached hydrogen (secondary N) is 3. The highest BCUT2D eigenvalue weighted by Crippen LogP contribution is 1.94. The van der Waals surface area contributed by atoms with Gasteiger partial charge in [0, 0.05) is 45.6 Å². The van der Waals surface area contributed by atoms with Gasteiger partial charge in [-0.25, -0.2) is 0 Å². The molecule has 7 nitrogen and oxygen atoms in total. The highest BCUT2D eigenvalue weighted by atomic mass is 16.2. The van der Waals surface area contributed by atoms with E-state index in [0.717, 1.165) is 26.1 Å². The summed E-state index contributed by atoms with van der Waals surface area (Å²) in [5, 5.41) is 9.06. The quantitative estimate of drug-likeness (QED) is 0.385. The van der Waals surface area contributed by atoms with E-state index in [4.69, 9.17) is 0 Å². The summed E-state index contributed by atoms with van der Waals surface area (Å²) in [6.45, 7) is 11.8. The van der Waals surface area contributed by atoms with E-state index in [2.05, 4.69) is 20.9 Å². The summed E-state index contributed by atoms with van der Waals surface area (Å²) in [4.78, 5) is 29.6. The van der Waals surface area contributed by atoms with Gasteiger partial charge in [-0.05, 0) is 27.2 Å². The summed E-state index contributed by atoms with van der Waals surface area (Å²) in [5.41, 5.74) is 0. The Morgan fingerprint density at radius 3 is 2.17 bits per heavy atom. The zero-order valence-corrected chi connectivity index (χ0v) is 15.1. The SMILES string of the molecule is CCCNC(=O)CCNC(=NCCC(=O)N(CC)CC)NCC. The van der Waals surface area contributed by atoms with Crippen LogP contribution in [0.4, 0.5) is 0 Å². The van der Waals surface area contributed by atoms with Gasteiger partial charge >= 0.3 is 0 Å². The summed E-state index contributed by atoms with van der Waals surface area (Å²) in [6.07, 6.45) is 1.74. The van der Waals surface area contributed by atoms with Crippen LogP contribution in [0.3, 0.4) is 0 Å². The van der Waals surface area contributed by atoms with E-state index < -0.39 is 0 Å². The van der Waals surface area contributed by atoms with Crippen molar-refractivity contribution in [2.24, 2.45) is 4.99 Å². The normalized spacial score (nSPS) is 11.0. The number of rotatable bonds is 11. The molecule has 134 valence electrons. The lowest BCUT2D eigenvalue weighted by molar-refractivity contribution is -0.130. The van der Waals surface area contributed by atoms with E-state index in [0.29, 0.717) is 38.4 Å². The molecule has 0 saturated heterocycles. The van der Waals surface area contributed by atoms with E-state index in [1.54, 1.807) is 4.90 Å². The van der Waals surface area contributed by atoms with Crippen LogP contribution in [0.2, 0.25) is 0 Å². The van der Waals surface area contributed by atoms with Crippen molar-refractivity contribution in [1.29, 1.82) is 0 Å². The second-order valence-electron chi connectivity index (χ2n) is 5.10. The highest BCUT2D eigenvalue weighted by molar-refractivity contribution is 5.82. The molecular formula is C16H33N5O2. The van der Waals surface area contributed by atoms with Gasteiger partial charge < -0.3 is 20.9 Å². The third-order valence-corrected chi connectivity index (χ3v) is 3.27. The van der Waals surface area contributed by atoms with Crippen LogP contribution in [0.1, 0.15) is 47.0 Å². The van der Waals surface area contributed by atoms with Crippen LogP contribution in [0.5, 0.6) is 0 Å². The van der Waals surface area contributed by atoms with Gasteiger partial charge in [-0.3, -0.25) is 14.6 Å². The fourth-order valence-corrected chi connectivity index (χ4v) is 1.99. The Kier molecular flexibility index (Phi) is 12.8. The molecule has 0 spiro atoms. The average Bonchev–Trinajstić information content (AvgIpc) is 2.54. The molecule has 0 aromatic heterocycles. The molecule has 0 bridgehead atoms. The third-order valence-electron chi connectivity index (χ3n) is 3.27. The fraction of sp³-hybridized carbons (Fsp3) is 0.812. The summed E-state index contributed by atoms with van der Waals surface area (Å²) in [5.74, 6) is 0.795. The molecule has 0 rings (SSSR count). The van der Waals surface area contributed by atoms with Crippen molar-refractivity contribution in [3.05, 3.63) is 0 Å². The molecule has 2 amide bonds. The average molecular weight is 327 g/mol. The maximum atomic E-state index is 11.9. The molecule has 0 heterocycles. The molecule has 0 aliphatic carbocycles. The first-order valence-corrected chi connectivity index (χ1v) is 8.65. The van der Waals surface area contributed by atoms with Crippen molar-refractivity contribution in [3.63, 3.8) is 0 Å². The molecule has 0 saturated carbocycles. The molecule has 0 unspecified atom stereocenters. The summed E-state index contributed by atoms with van der Waals surface area (Å²) < 4.78 is 0. The van der Waals surface area contributed by atoms with Crippen LogP contribution < -0.4 is 16.0 Å². The first-order valence-electron chi connectivity index (χ1n) is 8.65. The van der Waals surface area contributed by atoms with Gasteiger partial charge in [0.25, 0.3) is 0 Å². The van der Waals surface area contributed by atoms with Crippen LogP contribution in [0.25, 0.3) is 0 Å². The third kappa shape index (κ3) is 10.5. The van der Waals surface area contributed by atoms with Gasteiger partial charge in [-0.2, -0.15) is 0 Å². The van der Waals surface area contributed by atoms with Crippen LogP contribution >= 0.6 is 0 Å². The molecular weight excluding hydrogens is 294 g/mol. The van der Waals surface area contributed by atoms with Crippen molar-refractivity contribution in [2.75, 3.05) is 39.3 Å². The Morgan fingerprint density at radius 1 is 0.913 bits per heavy atom. The van der Waals surface area contributed by atoms with Crippen LogP contribution in [0, 0.1) is 0 Å². The van der Waals surface area contributed by atoms with Crippen LogP contribution in [-0.4, -0.2) is 61.9 Å². The number of carbonyl (C=O) groups is 2. The predicted octanol–water partition coefficient (Wildman–Crippen LogP) is 0.716. The maximum Gasteiger partial charge on any atom is 0.224 e. The second kappa shape index (κ2) is 13.8. The molecule has 0 radical (unpaired) electrons. The van der Waals surface area contributed by atoms with Gasteiger partial charge in [-0.15, -0.1) is 0 Å². The van der Waals surface area contributed by atoms with E-state index in [1.807, 2.05) is 27.7 Å². The Morgan fingerprint density at radius 2 is 1.61 bits per heavy atom. The second-order valence-corrected chi connectivity index (χ2v) is 5.10. The first kappa shape index (κ1) is 21.2. The van der Waals surface area contributed by atoms with Crippen molar-refractivity contribution >= 4 is 17.8 Å². The number of hydrogen-bond acceptors (Lipinski definition) is 3. The van der Waals surface area contributed by atoms with Gasteiger partial charge in [0.05, 0.1) is 6.54 Å². The van der Waals surface area contributed by atoms with Gasteiger partial charge in [0.2, 0.25) is 11.8 Å². The molecule has 0 aliphatic heterocycles. The van der Waals surface area contributed by atoms with Gasteiger partial charge in [-0.1, -0.05) is 6.92 Å². The molecule has 0 aromatic rings. The van der Waals surface area contributed by atoms with E-state index >= 15 is 0 Å². The van der Waals surface area contributed by atoms with Crippen molar-refractivity contribution in [1.82, 2.24) is 20.9 Å². The monoisotopic (exact) mass is 327 g/mol. The van der Waals surface area contributed by atoms with Gasteiger partial charge in [0.15, 0.2) is 5.96 Å². The summed E-state index contributed by atoms with van der Waals surface area (Å²) in [7, 11) is 0. The lowest BCUT2D eigenvalue weighted by atomic mass is 10.3. The van der Waals surface area contributed by atoms with Crippen LogP contribution in [-0.2, 0) is 9.59 Å². The van der Waals surface area contributed by atoms with Crippen molar-refractivity contribution in [2.45, 2.75) is 47.0 Å². The molecule has 0 fully saturated rings. The number of carbonyl (C=O) groups excluding carboxylic acids is 2. The Bertz CT molecular complexity index is 367. The number of guanidine groups is 1. The van der Waals surface area contributed by atoms with Gasteiger partial charge in [0.1, 0.15) is 0 Å². The topological polar surface area (TPSA) is 85.8 Å². The highest BCUT2D eigenvalue weighted by Gasteiger charge is 2.08. The minimum absolute atomic E-state index is 0.0342. The Hall–Kier alpha value is -1.79. The molecule has 23 heavy (non-hydrogen) atoms. The summed E-state index contributed by atoms with van der Waals surface area (Å²) >= 11 is 0. The molecule has 3 N–H and O–H groups in total. The number of hydrogen-bond donors (Lipinski definition) is 3. The van der Waals surface area contributed by atoms with E-state index in [-0.39, 0.29) is 11.8 Å². The van der Waals surface area contributed by atoms with Crippen LogP contribution in [0.15, 0.2) is 4.99 Å².